The second-order valence-corrected chi connectivity index (χ2v) is 4.49. The minimum atomic E-state index is -0.354. The van der Waals surface area contributed by atoms with E-state index in [2.05, 4.69) is 4.99 Å². The zero-order valence-corrected chi connectivity index (χ0v) is 9.83. The summed E-state index contributed by atoms with van der Waals surface area (Å²) in [6.45, 7) is 1.77. The van der Waals surface area contributed by atoms with Gasteiger partial charge in [0.25, 0.3) is 0 Å². The van der Waals surface area contributed by atoms with E-state index in [0.29, 0.717) is 13.1 Å². The van der Waals surface area contributed by atoms with E-state index < -0.39 is 0 Å². The van der Waals surface area contributed by atoms with Gasteiger partial charge < -0.3 is 16.4 Å². The van der Waals surface area contributed by atoms with Crippen LogP contribution in [0.4, 0.5) is 0 Å². The van der Waals surface area contributed by atoms with Gasteiger partial charge in [-0.3, -0.25) is 14.6 Å². The lowest BCUT2D eigenvalue weighted by atomic mass is 10.3. The summed E-state index contributed by atoms with van der Waals surface area (Å²) in [5.74, 6) is 0.235. The zero-order chi connectivity index (χ0) is 12.0. The predicted molar refractivity (Wildman–Crippen MR) is 64.0 cm³/mol. The molecule has 0 aromatic heterocycles. The Balaban J connectivity index is 2.46. The second-order valence-electron chi connectivity index (χ2n) is 3.43. The summed E-state index contributed by atoms with van der Waals surface area (Å²) in [7, 11) is 0. The van der Waals surface area contributed by atoms with Gasteiger partial charge in [-0.05, 0) is 0 Å². The minimum Gasteiger partial charge on any atom is -0.370 e. The average Bonchev–Trinajstić information content (AvgIpc) is 2.70. The molecule has 1 rings (SSSR count). The number of nitrogens with zero attached hydrogens (tertiary/aromatic N) is 2. The van der Waals surface area contributed by atoms with Crippen molar-refractivity contribution in [2.45, 2.75) is 12.8 Å². The van der Waals surface area contributed by atoms with Crippen molar-refractivity contribution in [2.75, 3.05) is 25.4 Å². The Kier molecular flexibility index (Phi) is 5.10. The predicted octanol–water partition coefficient (Wildman–Crippen LogP) is -0.858. The SMILES string of the molecule is NC(=O)CCN(CCC(N)=O)C1=NCCS1. The van der Waals surface area contributed by atoms with Gasteiger partial charge in [-0.2, -0.15) is 0 Å². The molecule has 0 saturated carbocycles. The second kappa shape index (κ2) is 6.37. The van der Waals surface area contributed by atoms with Crippen molar-refractivity contribution < 1.29 is 9.59 Å². The molecule has 0 saturated heterocycles. The highest BCUT2D eigenvalue weighted by Gasteiger charge is 2.16. The molecular weight excluding hydrogens is 228 g/mol. The first-order valence-electron chi connectivity index (χ1n) is 5.08. The summed E-state index contributed by atoms with van der Waals surface area (Å²) in [5, 5.41) is 0.877. The molecular formula is C9H16N4O2S. The molecule has 6 nitrogen and oxygen atoms in total. The summed E-state index contributed by atoms with van der Waals surface area (Å²) < 4.78 is 0. The quantitative estimate of drug-likeness (QED) is 0.635. The van der Waals surface area contributed by atoms with Crippen LogP contribution in [0.15, 0.2) is 4.99 Å². The fourth-order valence-electron chi connectivity index (χ4n) is 1.31. The van der Waals surface area contributed by atoms with E-state index in [9.17, 15) is 9.59 Å². The van der Waals surface area contributed by atoms with Crippen molar-refractivity contribution in [2.24, 2.45) is 16.5 Å². The summed E-state index contributed by atoms with van der Waals surface area (Å²) in [6, 6.07) is 0. The molecule has 1 aliphatic rings. The fraction of sp³-hybridized carbons (Fsp3) is 0.667. The average molecular weight is 244 g/mol. The van der Waals surface area contributed by atoms with Crippen LogP contribution >= 0.6 is 11.8 Å². The van der Waals surface area contributed by atoms with Crippen LogP contribution in [-0.2, 0) is 9.59 Å². The summed E-state index contributed by atoms with van der Waals surface area (Å²) in [4.78, 5) is 27.6. The van der Waals surface area contributed by atoms with Crippen LogP contribution in [-0.4, -0.2) is 47.3 Å². The molecule has 4 N–H and O–H groups in total. The molecule has 0 unspecified atom stereocenters. The van der Waals surface area contributed by atoms with Crippen LogP contribution in [0.2, 0.25) is 0 Å². The fourth-order valence-corrected chi connectivity index (χ4v) is 2.22. The van der Waals surface area contributed by atoms with Crippen LogP contribution in [0.25, 0.3) is 0 Å². The number of amides is 2. The Morgan fingerprint density at radius 1 is 1.25 bits per heavy atom. The summed E-state index contributed by atoms with van der Waals surface area (Å²) in [5.41, 5.74) is 10.2. The topological polar surface area (TPSA) is 102 Å². The number of nitrogens with two attached hydrogens (primary N) is 2. The Hall–Kier alpha value is -1.24. The van der Waals surface area contributed by atoms with Crippen LogP contribution in [0, 0.1) is 0 Å². The van der Waals surface area contributed by atoms with Crippen LogP contribution in [0.1, 0.15) is 12.8 Å². The van der Waals surface area contributed by atoms with Crippen molar-refractivity contribution in [1.29, 1.82) is 0 Å². The molecule has 1 heterocycles. The van der Waals surface area contributed by atoms with Crippen molar-refractivity contribution in [3.05, 3.63) is 0 Å². The standard InChI is InChI=1S/C9H16N4O2S/c10-7(14)1-4-13(5-2-8(11)15)9-12-3-6-16-9/h1-6H2,(H2,10,14)(H2,11,15). The third-order valence-corrected chi connectivity index (χ3v) is 3.13. The molecule has 7 heteroatoms. The van der Waals surface area contributed by atoms with E-state index in [1.54, 1.807) is 11.8 Å². The maximum absolute atomic E-state index is 10.7. The van der Waals surface area contributed by atoms with Crippen molar-refractivity contribution in [3.63, 3.8) is 0 Å². The lowest BCUT2D eigenvalue weighted by Crippen LogP contribution is -2.34. The van der Waals surface area contributed by atoms with Crippen LogP contribution in [0.5, 0.6) is 0 Å². The number of rotatable bonds is 6. The van der Waals surface area contributed by atoms with Gasteiger partial charge in [0.2, 0.25) is 11.8 Å². The minimum absolute atomic E-state index is 0.262. The van der Waals surface area contributed by atoms with E-state index in [1.165, 1.54) is 0 Å². The van der Waals surface area contributed by atoms with Crippen LogP contribution in [0.3, 0.4) is 0 Å². The van der Waals surface area contributed by atoms with E-state index >= 15 is 0 Å². The smallest absolute Gasteiger partial charge is 0.219 e. The van der Waals surface area contributed by atoms with Gasteiger partial charge in [0, 0.05) is 31.7 Å². The van der Waals surface area contributed by atoms with Crippen molar-refractivity contribution >= 4 is 28.7 Å². The number of thioether (sulfide) groups is 1. The first-order valence-corrected chi connectivity index (χ1v) is 6.07. The molecule has 16 heavy (non-hydrogen) atoms. The Labute approximate surface area is 98.4 Å². The van der Waals surface area contributed by atoms with E-state index in [4.69, 9.17) is 11.5 Å². The molecule has 1 aliphatic heterocycles. The molecule has 0 aromatic carbocycles. The molecule has 0 bridgehead atoms. The largest absolute Gasteiger partial charge is 0.370 e. The highest BCUT2D eigenvalue weighted by atomic mass is 32.2. The van der Waals surface area contributed by atoms with Gasteiger partial charge in [-0.25, -0.2) is 0 Å². The number of amidine groups is 1. The first-order chi connectivity index (χ1) is 7.59. The lowest BCUT2D eigenvalue weighted by Gasteiger charge is -2.22. The van der Waals surface area contributed by atoms with Crippen molar-refractivity contribution in [3.8, 4) is 0 Å². The Bertz CT molecular complexity index is 288. The maximum Gasteiger partial charge on any atom is 0.219 e. The molecule has 90 valence electrons. The van der Waals surface area contributed by atoms with E-state index in [1.807, 2.05) is 4.90 Å². The number of carbonyl (C=O) groups is 2. The monoisotopic (exact) mass is 244 g/mol. The molecule has 0 aliphatic carbocycles. The highest BCUT2D eigenvalue weighted by molar-refractivity contribution is 8.14. The Morgan fingerprint density at radius 2 is 1.81 bits per heavy atom. The van der Waals surface area contributed by atoms with Gasteiger partial charge in [0.15, 0.2) is 5.17 Å². The van der Waals surface area contributed by atoms with E-state index in [0.717, 1.165) is 17.5 Å². The number of hydrogen-bond donors (Lipinski definition) is 2. The number of primary amides is 2. The zero-order valence-electron chi connectivity index (χ0n) is 9.02. The molecule has 0 spiro atoms. The van der Waals surface area contributed by atoms with Gasteiger partial charge in [0.1, 0.15) is 0 Å². The molecule has 2 amide bonds. The molecule has 0 aromatic rings. The molecule has 0 radical (unpaired) electrons. The third-order valence-electron chi connectivity index (χ3n) is 2.10. The van der Waals surface area contributed by atoms with E-state index in [-0.39, 0.29) is 24.7 Å². The Morgan fingerprint density at radius 3 is 2.19 bits per heavy atom. The molecule has 0 fully saturated rings. The van der Waals surface area contributed by atoms with Crippen molar-refractivity contribution in [1.82, 2.24) is 4.90 Å². The number of hydrogen-bond acceptors (Lipinski definition) is 5. The van der Waals surface area contributed by atoms with Gasteiger partial charge in [-0.1, -0.05) is 11.8 Å². The van der Waals surface area contributed by atoms with Gasteiger partial charge >= 0.3 is 0 Å². The normalized spacial score (nSPS) is 14.6. The lowest BCUT2D eigenvalue weighted by molar-refractivity contribution is -0.118. The van der Waals surface area contributed by atoms with Crippen LogP contribution < -0.4 is 11.5 Å². The first kappa shape index (κ1) is 12.8. The highest BCUT2D eigenvalue weighted by Crippen LogP contribution is 2.16. The molecule has 0 atom stereocenters. The number of aliphatic imine (C=N–C) groups is 1. The summed E-state index contributed by atoms with van der Waals surface area (Å²) >= 11 is 1.63. The van der Waals surface area contributed by atoms with Gasteiger partial charge in [0.05, 0.1) is 6.54 Å². The number of carbonyl (C=O) groups excluding carboxylic acids is 2. The maximum atomic E-state index is 10.7. The third kappa shape index (κ3) is 4.52. The van der Waals surface area contributed by atoms with Gasteiger partial charge in [-0.15, -0.1) is 0 Å². The summed E-state index contributed by atoms with van der Waals surface area (Å²) in [6.07, 6.45) is 0.524.